The van der Waals surface area contributed by atoms with E-state index in [-0.39, 0.29) is 0 Å². The van der Waals surface area contributed by atoms with E-state index in [0.717, 1.165) is 48.0 Å². The van der Waals surface area contributed by atoms with Gasteiger partial charge < -0.3 is 5.73 Å². The normalized spacial score (nSPS) is 44.7. The van der Waals surface area contributed by atoms with E-state index in [1.165, 1.54) is 57.8 Å². The first-order chi connectivity index (χ1) is 14.3. The number of fused-ring (bicyclic) bond motifs is 5. The molecule has 0 saturated heterocycles. The highest BCUT2D eigenvalue weighted by Crippen LogP contribution is 2.65. The summed E-state index contributed by atoms with van der Waals surface area (Å²) in [5.41, 5.74) is 6.24. The number of nitrogens with two attached hydrogens (primary N) is 2. The molecule has 0 aromatic heterocycles. The van der Waals surface area contributed by atoms with Gasteiger partial charge in [-0.2, -0.15) is 0 Å². The number of hydrazone groups is 1. The molecule has 4 N–H and O–H groups in total. The number of rotatable bonds is 6. The second-order valence-corrected chi connectivity index (χ2v) is 12.0. The lowest BCUT2D eigenvalue weighted by Gasteiger charge is -2.57. The van der Waals surface area contributed by atoms with E-state index in [1.807, 2.05) is 6.92 Å². The Hall–Kier alpha value is -0.770. The molecule has 0 spiro atoms. The number of hydrazine groups is 1. The molecule has 0 heterocycles. The monoisotopic (exact) mass is 416 g/mol. The average molecular weight is 417 g/mol. The summed E-state index contributed by atoms with van der Waals surface area (Å²) in [5.74, 6) is 14.2. The molecule has 4 aliphatic carbocycles. The second kappa shape index (κ2) is 9.00. The Morgan fingerprint density at radius 2 is 1.83 bits per heavy atom. The maximum Gasteiger partial charge on any atom is 0.118 e. The highest BCUT2D eigenvalue weighted by Gasteiger charge is 2.57. The first-order valence-corrected chi connectivity index (χ1v) is 13.2. The molecule has 0 bridgehead atoms. The molecule has 4 rings (SSSR count). The Labute approximate surface area is 185 Å². The summed E-state index contributed by atoms with van der Waals surface area (Å²) in [5, 5.41) is 5.84. The van der Waals surface area contributed by atoms with Crippen molar-refractivity contribution in [2.24, 2.45) is 69.4 Å². The summed E-state index contributed by atoms with van der Waals surface area (Å²) in [6, 6.07) is 0. The quantitative estimate of drug-likeness (QED) is 0.250. The fraction of sp³-hybridized carbons (Fsp3) is 0.962. The highest BCUT2D eigenvalue weighted by molar-refractivity contribution is 5.77. The first-order valence-electron chi connectivity index (χ1n) is 13.2. The van der Waals surface area contributed by atoms with Crippen molar-refractivity contribution in [1.82, 2.24) is 5.12 Å². The third kappa shape index (κ3) is 4.14. The molecule has 4 fully saturated rings. The van der Waals surface area contributed by atoms with Gasteiger partial charge in [0.25, 0.3) is 0 Å². The minimum atomic E-state index is 0.509. The van der Waals surface area contributed by atoms with Crippen molar-refractivity contribution in [1.29, 1.82) is 0 Å². The summed E-state index contributed by atoms with van der Waals surface area (Å²) < 4.78 is 0. The van der Waals surface area contributed by atoms with Crippen LogP contribution in [0.3, 0.4) is 0 Å². The zero-order valence-electron chi connectivity index (χ0n) is 20.2. The van der Waals surface area contributed by atoms with Gasteiger partial charge in [-0.3, -0.25) is 0 Å². The second-order valence-electron chi connectivity index (χ2n) is 12.0. The van der Waals surface area contributed by atoms with Gasteiger partial charge in [-0.1, -0.05) is 40.0 Å². The zero-order valence-corrected chi connectivity index (χ0v) is 20.2. The maximum atomic E-state index is 6.13. The molecular weight excluding hydrogens is 368 g/mol. The van der Waals surface area contributed by atoms with Gasteiger partial charge in [-0.05, 0) is 111 Å². The maximum absolute atomic E-state index is 6.13. The largest absolute Gasteiger partial charge is 0.386 e. The van der Waals surface area contributed by atoms with E-state index in [0.29, 0.717) is 17.2 Å². The van der Waals surface area contributed by atoms with Gasteiger partial charge in [0, 0.05) is 0 Å². The van der Waals surface area contributed by atoms with E-state index >= 15 is 0 Å². The molecule has 4 aliphatic rings. The van der Waals surface area contributed by atoms with Crippen LogP contribution < -0.4 is 11.6 Å². The number of hydrogen-bond donors (Lipinski definition) is 2. The Morgan fingerprint density at radius 1 is 1.07 bits per heavy atom. The molecule has 0 radical (unpaired) electrons. The summed E-state index contributed by atoms with van der Waals surface area (Å²) in [4.78, 5) is 0. The van der Waals surface area contributed by atoms with Gasteiger partial charge in [0.1, 0.15) is 5.84 Å². The van der Waals surface area contributed by atoms with Gasteiger partial charge in [-0.25, -0.2) is 11.0 Å². The van der Waals surface area contributed by atoms with Gasteiger partial charge in [0.2, 0.25) is 0 Å². The van der Waals surface area contributed by atoms with Crippen LogP contribution >= 0.6 is 0 Å². The molecular formula is C26H48N4. The van der Waals surface area contributed by atoms with Gasteiger partial charge in [-0.15, -0.1) is 5.10 Å². The van der Waals surface area contributed by atoms with Gasteiger partial charge in [0.15, 0.2) is 0 Å². The van der Waals surface area contributed by atoms with Gasteiger partial charge >= 0.3 is 0 Å². The molecule has 172 valence electrons. The smallest absolute Gasteiger partial charge is 0.118 e. The lowest BCUT2D eigenvalue weighted by molar-refractivity contribution is -0.0754. The van der Waals surface area contributed by atoms with Crippen molar-refractivity contribution in [3.8, 4) is 0 Å². The van der Waals surface area contributed by atoms with Crippen LogP contribution in [0.4, 0.5) is 0 Å². The molecule has 4 saturated carbocycles. The number of hydrogen-bond acceptors (Lipinski definition) is 3. The summed E-state index contributed by atoms with van der Waals surface area (Å²) in [6.07, 6.45) is 16.3. The van der Waals surface area contributed by atoms with E-state index in [9.17, 15) is 0 Å². The van der Waals surface area contributed by atoms with E-state index in [2.05, 4.69) is 25.9 Å². The minimum absolute atomic E-state index is 0.509. The van der Waals surface area contributed by atoms with E-state index in [4.69, 9.17) is 11.6 Å². The molecule has 9 atom stereocenters. The van der Waals surface area contributed by atoms with Crippen molar-refractivity contribution in [3.63, 3.8) is 0 Å². The van der Waals surface area contributed by atoms with Crippen molar-refractivity contribution >= 4 is 5.84 Å². The average Bonchev–Trinajstić information content (AvgIpc) is 3.04. The topological polar surface area (TPSA) is 67.6 Å². The molecule has 4 nitrogen and oxygen atoms in total. The van der Waals surface area contributed by atoms with Crippen LogP contribution in [-0.4, -0.2) is 17.5 Å². The standard InChI is InChI=1S/C26H48N4/c1-5-6-19-7-9-21-20(15-19)8-10-23-22(21)13-14-26(4)24(11-12-25(23)26)17(2)16-30(28)29-18(3)27/h17,19-25H,5-16,28H2,1-4H3,(H2,27,29)/t17-,19-,20?,21-,22?,23+,24?,25?,26+/m0/s1. The fourth-order valence-electron chi connectivity index (χ4n) is 9.26. The Kier molecular flexibility index (Phi) is 6.73. The van der Waals surface area contributed by atoms with E-state index in [1.54, 1.807) is 18.0 Å². The van der Waals surface area contributed by atoms with Crippen molar-refractivity contribution < 1.29 is 0 Å². The first kappa shape index (κ1) is 22.4. The third-order valence-electron chi connectivity index (χ3n) is 10.3. The molecule has 4 heteroatoms. The molecule has 4 unspecified atom stereocenters. The highest BCUT2D eigenvalue weighted by atomic mass is 15.6. The zero-order chi connectivity index (χ0) is 21.5. The van der Waals surface area contributed by atoms with E-state index < -0.39 is 0 Å². The van der Waals surface area contributed by atoms with Crippen LogP contribution in [0.25, 0.3) is 0 Å². The lowest BCUT2D eigenvalue weighted by Crippen LogP contribution is -2.49. The van der Waals surface area contributed by atoms with Crippen LogP contribution in [0.15, 0.2) is 5.10 Å². The van der Waals surface area contributed by atoms with Crippen molar-refractivity contribution in [3.05, 3.63) is 0 Å². The van der Waals surface area contributed by atoms with Crippen LogP contribution in [0, 0.1) is 52.8 Å². The molecule has 0 amide bonds. The van der Waals surface area contributed by atoms with Crippen LogP contribution in [0.1, 0.15) is 98.3 Å². The molecule has 30 heavy (non-hydrogen) atoms. The molecule has 0 aromatic rings. The predicted molar refractivity (Wildman–Crippen MR) is 126 cm³/mol. The summed E-state index contributed by atoms with van der Waals surface area (Å²) in [7, 11) is 0. The number of nitrogens with zero attached hydrogens (tertiary/aromatic N) is 2. The van der Waals surface area contributed by atoms with Crippen molar-refractivity contribution in [2.75, 3.05) is 6.54 Å². The lowest BCUT2D eigenvalue weighted by atomic mass is 9.48. The fourth-order valence-corrected chi connectivity index (χ4v) is 9.26. The van der Waals surface area contributed by atoms with Crippen LogP contribution in [0.2, 0.25) is 0 Å². The van der Waals surface area contributed by atoms with Crippen LogP contribution in [0.5, 0.6) is 0 Å². The molecule has 0 aliphatic heterocycles. The van der Waals surface area contributed by atoms with Gasteiger partial charge in [0.05, 0.1) is 6.54 Å². The Balaban J connectivity index is 1.42. The van der Waals surface area contributed by atoms with Crippen molar-refractivity contribution in [2.45, 2.75) is 98.3 Å². The van der Waals surface area contributed by atoms with Crippen LogP contribution in [-0.2, 0) is 0 Å². The minimum Gasteiger partial charge on any atom is -0.386 e. The third-order valence-corrected chi connectivity index (χ3v) is 10.3. The Bertz CT molecular complexity index is 614. The number of amidine groups is 1. The Morgan fingerprint density at radius 3 is 2.57 bits per heavy atom. The SMILES string of the molecule is CCC[C@H]1CC[C@H]2C(CC[C@@H]3C2CC[C@@]2(C)C3CCC2[C@@H](C)CN(N)/N=C(/C)N)C1. The predicted octanol–water partition coefficient (Wildman–Crippen LogP) is 5.78. The summed E-state index contributed by atoms with van der Waals surface area (Å²) in [6.45, 7) is 10.0. The summed E-state index contributed by atoms with van der Waals surface area (Å²) >= 11 is 0. The molecule has 0 aromatic carbocycles.